The van der Waals surface area contributed by atoms with E-state index < -0.39 is 0 Å². The molecule has 0 N–H and O–H groups in total. The van der Waals surface area contributed by atoms with Crippen molar-refractivity contribution in [3.05, 3.63) is 106 Å². The number of benzene rings is 3. The van der Waals surface area contributed by atoms with Crippen LogP contribution >= 0.6 is 12.2 Å². The van der Waals surface area contributed by atoms with Crippen molar-refractivity contribution >= 4 is 17.9 Å². The van der Waals surface area contributed by atoms with Gasteiger partial charge >= 0.3 is 0 Å². The number of fused-ring (bicyclic) bond motifs is 2. The number of hydrogen-bond donors (Lipinski definition) is 0. The van der Waals surface area contributed by atoms with Gasteiger partial charge in [0.1, 0.15) is 0 Å². The highest BCUT2D eigenvalue weighted by Gasteiger charge is 2.19. The molecule has 27 heavy (non-hydrogen) atoms. The zero-order valence-electron chi connectivity index (χ0n) is 14.7. The van der Waals surface area contributed by atoms with Crippen LogP contribution in [0.25, 0.3) is 5.69 Å². The predicted octanol–water partition coefficient (Wildman–Crippen LogP) is 4.45. The topological polar surface area (TPSA) is 27.1 Å². The molecule has 0 aliphatic carbocycles. The molecule has 0 fully saturated rings. The highest BCUT2D eigenvalue weighted by atomic mass is 32.1. The van der Waals surface area contributed by atoms with Crippen molar-refractivity contribution in [2.24, 2.45) is 4.99 Å². The van der Waals surface area contributed by atoms with Crippen molar-refractivity contribution in [2.75, 3.05) is 0 Å². The molecule has 1 aliphatic rings. The molecular weight excluding hydrogens is 352 g/mol. The second-order valence-electron chi connectivity index (χ2n) is 6.58. The quantitative estimate of drug-likeness (QED) is 0.422. The average Bonchev–Trinajstić information content (AvgIpc) is 2.99. The Bertz CT molecular complexity index is 1230. The molecule has 0 atom stereocenters. The lowest BCUT2D eigenvalue weighted by atomic mass is 10.1. The lowest BCUT2D eigenvalue weighted by Gasteiger charge is -2.20. The Morgan fingerprint density at radius 2 is 1.22 bits per heavy atom. The molecule has 2 heterocycles. The van der Waals surface area contributed by atoms with Crippen LogP contribution in [-0.2, 0) is 13.1 Å². The van der Waals surface area contributed by atoms with E-state index in [0.29, 0.717) is 0 Å². The molecule has 132 valence electrons. The van der Waals surface area contributed by atoms with E-state index in [-0.39, 0.29) is 0 Å². The van der Waals surface area contributed by atoms with E-state index in [1.54, 1.807) is 0 Å². The van der Waals surface area contributed by atoms with Crippen molar-refractivity contribution in [1.82, 2.24) is 13.9 Å². The van der Waals surface area contributed by atoms with Gasteiger partial charge < -0.3 is 0 Å². The van der Waals surface area contributed by atoms with Crippen LogP contribution in [-0.4, -0.2) is 13.9 Å². The molecule has 0 radical (unpaired) electrons. The van der Waals surface area contributed by atoms with Gasteiger partial charge in [-0.1, -0.05) is 60.7 Å². The summed E-state index contributed by atoms with van der Waals surface area (Å²) in [6.07, 6.45) is 0. The Labute approximate surface area is 162 Å². The standard InChI is InChI=1S/C22H18N4S/c27-22-25-16-18-10-8-7-9-17(18)15-24(25)21(23-19-11-3-1-4-12-19)26(22)20-13-5-2-6-14-20/h1-14H,15-16H2. The molecule has 1 aliphatic heterocycles. The summed E-state index contributed by atoms with van der Waals surface area (Å²) in [6.45, 7) is 1.51. The summed E-state index contributed by atoms with van der Waals surface area (Å²) in [7, 11) is 0. The maximum Gasteiger partial charge on any atom is 0.232 e. The molecule has 3 aromatic carbocycles. The zero-order valence-corrected chi connectivity index (χ0v) is 15.5. The molecule has 4 nitrogen and oxygen atoms in total. The summed E-state index contributed by atoms with van der Waals surface area (Å²) in [6, 6.07) is 28.8. The molecule has 1 aromatic heterocycles. The normalized spacial score (nSPS) is 13.3. The number of rotatable bonds is 2. The van der Waals surface area contributed by atoms with Gasteiger partial charge in [0.25, 0.3) is 0 Å². The third-order valence-electron chi connectivity index (χ3n) is 4.89. The Balaban J connectivity index is 1.81. The minimum Gasteiger partial charge on any atom is -0.254 e. The second-order valence-corrected chi connectivity index (χ2v) is 6.95. The van der Waals surface area contributed by atoms with E-state index in [2.05, 4.69) is 50.3 Å². The number of nitrogens with zero attached hydrogens (tertiary/aromatic N) is 4. The SMILES string of the molecule is S=c1n(-c2ccccc2)c(=Nc2ccccc2)n2n1Cc1ccccc1C2. The Morgan fingerprint density at radius 1 is 0.667 bits per heavy atom. The fraction of sp³-hybridized carbons (Fsp3) is 0.0909. The lowest BCUT2D eigenvalue weighted by molar-refractivity contribution is 0.463. The molecule has 0 saturated heterocycles. The number of aromatic nitrogens is 3. The fourth-order valence-corrected chi connectivity index (χ4v) is 3.90. The summed E-state index contributed by atoms with van der Waals surface area (Å²) in [5, 5.41) is 0. The zero-order chi connectivity index (χ0) is 18.2. The van der Waals surface area contributed by atoms with E-state index >= 15 is 0 Å². The predicted molar refractivity (Wildman–Crippen MR) is 109 cm³/mol. The van der Waals surface area contributed by atoms with Crippen LogP contribution in [0.1, 0.15) is 11.1 Å². The first-order valence-electron chi connectivity index (χ1n) is 8.96. The van der Waals surface area contributed by atoms with E-state index in [4.69, 9.17) is 17.2 Å². The Kier molecular flexibility index (Phi) is 3.87. The molecule has 0 saturated carbocycles. The minimum absolute atomic E-state index is 0.755. The van der Waals surface area contributed by atoms with Crippen LogP contribution in [0.15, 0.2) is 89.9 Å². The first kappa shape index (κ1) is 16.0. The van der Waals surface area contributed by atoms with E-state index in [0.717, 1.165) is 34.9 Å². The van der Waals surface area contributed by atoms with Crippen molar-refractivity contribution in [3.63, 3.8) is 0 Å². The van der Waals surface area contributed by atoms with Crippen molar-refractivity contribution in [1.29, 1.82) is 0 Å². The molecular formula is C22H18N4S. The first-order chi connectivity index (χ1) is 13.3. The van der Waals surface area contributed by atoms with Gasteiger partial charge in [0, 0.05) is 0 Å². The fourth-order valence-electron chi connectivity index (χ4n) is 3.55. The van der Waals surface area contributed by atoms with Crippen LogP contribution in [0.2, 0.25) is 0 Å². The third-order valence-corrected chi connectivity index (χ3v) is 5.29. The van der Waals surface area contributed by atoms with Crippen molar-refractivity contribution < 1.29 is 0 Å². The van der Waals surface area contributed by atoms with Crippen LogP contribution < -0.4 is 5.62 Å². The van der Waals surface area contributed by atoms with Gasteiger partial charge in [0.2, 0.25) is 10.4 Å². The van der Waals surface area contributed by atoms with Gasteiger partial charge in [0.05, 0.1) is 24.5 Å². The highest BCUT2D eigenvalue weighted by molar-refractivity contribution is 7.71. The minimum atomic E-state index is 0.755. The van der Waals surface area contributed by atoms with E-state index in [9.17, 15) is 0 Å². The summed E-state index contributed by atoms with van der Waals surface area (Å²) in [5.41, 5.74) is 5.40. The van der Waals surface area contributed by atoms with Crippen LogP contribution in [0, 0.1) is 4.77 Å². The van der Waals surface area contributed by atoms with Crippen LogP contribution in [0.3, 0.4) is 0 Å². The van der Waals surface area contributed by atoms with Crippen LogP contribution in [0.4, 0.5) is 5.69 Å². The number of hydrogen-bond acceptors (Lipinski definition) is 2. The average molecular weight is 370 g/mol. The molecule has 4 aromatic rings. The second kappa shape index (κ2) is 6.52. The van der Waals surface area contributed by atoms with Crippen LogP contribution in [0.5, 0.6) is 0 Å². The molecule has 0 bridgehead atoms. The summed E-state index contributed by atoms with van der Waals surface area (Å²) in [4.78, 5) is 4.96. The largest absolute Gasteiger partial charge is 0.254 e. The summed E-state index contributed by atoms with van der Waals surface area (Å²) < 4.78 is 7.15. The van der Waals surface area contributed by atoms with E-state index in [1.165, 1.54) is 11.1 Å². The lowest BCUT2D eigenvalue weighted by Crippen LogP contribution is -2.31. The van der Waals surface area contributed by atoms with Gasteiger partial charge in [0.15, 0.2) is 0 Å². The highest BCUT2D eigenvalue weighted by Crippen LogP contribution is 2.19. The maximum atomic E-state index is 5.87. The summed E-state index contributed by atoms with van der Waals surface area (Å²) >= 11 is 5.87. The van der Waals surface area contributed by atoms with Gasteiger partial charge in [-0.25, -0.2) is 9.67 Å². The van der Waals surface area contributed by atoms with E-state index in [1.807, 2.05) is 48.5 Å². The Hall–Kier alpha value is -3.18. The van der Waals surface area contributed by atoms with Gasteiger partial charge in [-0.15, -0.1) is 0 Å². The molecule has 0 spiro atoms. The van der Waals surface area contributed by atoms with Crippen molar-refractivity contribution in [3.8, 4) is 5.69 Å². The molecule has 5 rings (SSSR count). The van der Waals surface area contributed by atoms with Gasteiger partial charge in [-0.3, -0.25) is 9.25 Å². The third kappa shape index (κ3) is 2.76. The van der Waals surface area contributed by atoms with Crippen molar-refractivity contribution in [2.45, 2.75) is 13.1 Å². The maximum absolute atomic E-state index is 5.87. The molecule has 0 amide bonds. The Morgan fingerprint density at radius 3 is 1.89 bits per heavy atom. The monoisotopic (exact) mass is 370 g/mol. The molecule has 5 heteroatoms. The molecule has 0 unspecified atom stereocenters. The smallest absolute Gasteiger partial charge is 0.232 e. The van der Waals surface area contributed by atoms with Gasteiger partial charge in [-0.05, 0) is 47.6 Å². The summed E-state index contributed by atoms with van der Waals surface area (Å²) in [5.74, 6) is 0. The first-order valence-corrected chi connectivity index (χ1v) is 9.37. The van der Waals surface area contributed by atoms with Gasteiger partial charge in [-0.2, -0.15) is 0 Å². The number of para-hydroxylation sites is 2.